The van der Waals surface area contributed by atoms with E-state index in [9.17, 15) is 18.0 Å². The molecular formula is C20H21F3N2O. The van der Waals surface area contributed by atoms with Crippen LogP contribution in [0.15, 0.2) is 48.5 Å². The first-order valence-corrected chi connectivity index (χ1v) is 8.65. The molecule has 0 aliphatic carbocycles. The SMILES string of the molecule is O=CNCc1ccc(N2CCC(c3ccc(C(F)(F)F)cc3)CC2)cc1. The zero-order chi connectivity index (χ0) is 18.6. The number of hydrogen-bond acceptors (Lipinski definition) is 2. The van der Waals surface area contributed by atoms with E-state index >= 15 is 0 Å². The van der Waals surface area contributed by atoms with E-state index < -0.39 is 11.7 Å². The number of carbonyl (C=O) groups is 1. The Labute approximate surface area is 150 Å². The molecule has 1 saturated heterocycles. The molecule has 1 aliphatic heterocycles. The topological polar surface area (TPSA) is 32.3 Å². The Morgan fingerprint density at radius 3 is 2.15 bits per heavy atom. The van der Waals surface area contributed by atoms with Crippen molar-refractivity contribution in [2.75, 3.05) is 18.0 Å². The van der Waals surface area contributed by atoms with Gasteiger partial charge in [-0.1, -0.05) is 24.3 Å². The van der Waals surface area contributed by atoms with Crippen molar-refractivity contribution in [2.24, 2.45) is 0 Å². The normalized spacial score (nSPS) is 15.7. The summed E-state index contributed by atoms with van der Waals surface area (Å²) in [5, 5.41) is 2.64. The molecule has 0 saturated carbocycles. The maximum atomic E-state index is 12.7. The number of anilines is 1. The van der Waals surface area contributed by atoms with Gasteiger partial charge in [0, 0.05) is 25.3 Å². The molecule has 1 heterocycles. The van der Waals surface area contributed by atoms with E-state index in [1.54, 1.807) is 12.1 Å². The minimum Gasteiger partial charge on any atom is -0.371 e. The van der Waals surface area contributed by atoms with E-state index in [-0.39, 0.29) is 0 Å². The van der Waals surface area contributed by atoms with Crippen molar-refractivity contribution in [2.45, 2.75) is 31.5 Å². The second-order valence-corrected chi connectivity index (χ2v) is 6.55. The summed E-state index contributed by atoms with van der Waals surface area (Å²) < 4.78 is 38.0. The fourth-order valence-corrected chi connectivity index (χ4v) is 3.40. The van der Waals surface area contributed by atoms with E-state index in [0.29, 0.717) is 18.9 Å². The zero-order valence-electron chi connectivity index (χ0n) is 14.3. The minimum atomic E-state index is -4.28. The Bertz CT molecular complexity index is 718. The third kappa shape index (κ3) is 4.36. The van der Waals surface area contributed by atoms with Crippen LogP contribution < -0.4 is 10.2 Å². The van der Waals surface area contributed by atoms with Gasteiger partial charge in [0.15, 0.2) is 0 Å². The number of nitrogens with zero attached hydrogens (tertiary/aromatic N) is 1. The summed E-state index contributed by atoms with van der Waals surface area (Å²) in [4.78, 5) is 12.6. The monoisotopic (exact) mass is 362 g/mol. The molecule has 2 aromatic rings. The van der Waals surface area contributed by atoms with Gasteiger partial charge in [-0.25, -0.2) is 0 Å². The van der Waals surface area contributed by atoms with Crippen molar-refractivity contribution in [3.05, 3.63) is 65.2 Å². The molecule has 1 aliphatic rings. The number of amides is 1. The highest BCUT2D eigenvalue weighted by atomic mass is 19.4. The smallest absolute Gasteiger partial charge is 0.371 e. The molecule has 0 radical (unpaired) electrons. The largest absolute Gasteiger partial charge is 0.416 e. The van der Waals surface area contributed by atoms with E-state index in [1.165, 1.54) is 12.1 Å². The van der Waals surface area contributed by atoms with Gasteiger partial charge in [-0.05, 0) is 54.2 Å². The van der Waals surface area contributed by atoms with Crippen LogP contribution in [0.1, 0.15) is 35.4 Å². The summed E-state index contributed by atoms with van der Waals surface area (Å²) in [6.07, 6.45) is -1.77. The van der Waals surface area contributed by atoms with Crippen LogP contribution in [0, 0.1) is 0 Å². The number of piperidine rings is 1. The number of carbonyl (C=O) groups excluding carboxylic acids is 1. The van der Waals surface area contributed by atoms with Crippen molar-refractivity contribution < 1.29 is 18.0 Å². The maximum absolute atomic E-state index is 12.7. The second-order valence-electron chi connectivity index (χ2n) is 6.55. The first-order chi connectivity index (χ1) is 12.5. The first kappa shape index (κ1) is 18.3. The van der Waals surface area contributed by atoms with Crippen molar-refractivity contribution in [3.8, 4) is 0 Å². The third-order valence-electron chi connectivity index (χ3n) is 4.90. The van der Waals surface area contributed by atoms with Crippen LogP contribution >= 0.6 is 0 Å². The lowest BCUT2D eigenvalue weighted by atomic mass is 9.88. The molecular weight excluding hydrogens is 341 g/mol. The fourth-order valence-electron chi connectivity index (χ4n) is 3.40. The average molecular weight is 362 g/mol. The van der Waals surface area contributed by atoms with Crippen molar-refractivity contribution >= 4 is 12.1 Å². The lowest BCUT2D eigenvalue weighted by molar-refractivity contribution is -0.137. The van der Waals surface area contributed by atoms with Crippen molar-refractivity contribution in [3.63, 3.8) is 0 Å². The van der Waals surface area contributed by atoms with E-state index in [0.717, 1.165) is 42.7 Å². The molecule has 0 aromatic heterocycles. The Balaban J connectivity index is 1.58. The summed E-state index contributed by atoms with van der Waals surface area (Å²) in [5.74, 6) is 0.296. The Kier molecular flexibility index (Phi) is 5.49. The lowest BCUT2D eigenvalue weighted by Gasteiger charge is -2.34. The average Bonchev–Trinajstić information content (AvgIpc) is 2.66. The number of benzene rings is 2. The first-order valence-electron chi connectivity index (χ1n) is 8.65. The summed E-state index contributed by atoms with van der Waals surface area (Å²) in [6.45, 7) is 2.26. The van der Waals surface area contributed by atoms with Gasteiger partial charge in [-0.15, -0.1) is 0 Å². The van der Waals surface area contributed by atoms with Gasteiger partial charge in [0.1, 0.15) is 0 Å². The number of hydrogen-bond donors (Lipinski definition) is 1. The molecule has 6 heteroatoms. The van der Waals surface area contributed by atoms with Crippen LogP contribution in [0.25, 0.3) is 0 Å². The molecule has 3 rings (SSSR count). The fraction of sp³-hybridized carbons (Fsp3) is 0.350. The lowest BCUT2D eigenvalue weighted by Crippen LogP contribution is -2.32. The highest BCUT2D eigenvalue weighted by Crippen LogP contribution is 2.33. The molecule has 3 nitrogen and oxygen atoms in total. The molecule has 138 valence electrons. The summed E-state index contributed by atoms with van der Waals surface area (Å²) >= 11 is 0. The summed E-state index contributed by atoms with van der Waals surface area (Å²) in [6, 6.07) is 13.6. The Morgan fingerprint density at radius 2 is 1.62 bits per heavy atom. The van der Waals surface area contributed by atoms with Crippen LogP contribution in [0.5, 0.6) is 0 Å². The summed E-state index contributed by atoms with van der Waals surface area (Å²) in [7, 11) is 0. The molecule has 1 fully saturated rings. The molecule has 0 spiro atoms. The highest BCUT2D eigenvalue weighted by Gasteiger charge is 2.30. The predicted octanol–water partition coefficient (Wildman–Crippen LogP) is 4.34. The number of rotatable bonds is 5. The highest BCUT2D eigenvalue weighted by molar-refractivity contribution is 5.50. The molecule has 2 aromatic carbocycles. The second kappa shape index (κ2) is 7.81. The van der Waals surface area contributed by atoms with Crippen LogP contribution in [-0.2, 0) is 17.5 Å². The van der Waals surface area contributed by atoms with E-state index in [2.05, 4.69) is 10.2 Å². The molecule has 1 amide bonds. The van der Waals surface area contributed by atoms with Gasteiger partial charge >= 0.3 is 6.18 Å². The predicted molar refractivity (Wildman–Crippen MR) is 95.0 cm³/mol. The van der Waals surface area contributed by atoms with Gasteiger partial charge < -0.3 is 10.2 Å². The molecule has 0 bridgehead atoms. The van der Waals surface area contributed by atoms with Crippen LogP contribution in [0.2, 0.25) is 0 Å². The van der Waals surface area contributed by atoms with E-state index in [4.69, 9.17) is 0 Å². The summed E-state index contributed by atoms with van der Waals surface area (Å²) in [5.41, 5.74) is 2.56. The molecule has 0 atom stereocenters. The minimum absolute atomic E-state index is 0.296. The quantitative estimate of drug-likeness (QED) is 0.803. The van der Waals surface area contributed by atoms with Crippen LogP contribution in [-0.4, -0.2) is 19.5 Å². The van der Waals surface area contributed by atoms with Gasteiger partial charge in [0.25, 0.3) is 0 Å². The van der Waals surface area contributed by atoms with Gasteiger partial charge in [0.2, 0.25) is 6.41 Å². The number of alkyl halides is 3. The number of nitrogens with one attached hydrogen (secondary N) is 1. The Morgan fingerprint density at radius 1 is 1.00 bits per heavy atom. The van der Waals surface area contributed by atoms with Crippen molar-refractivity contribution in [1.29, 1.82) is 0 Å². The number of halogens is 3. The van der Waals surface area contributed by atoms with Gasteiger partial charge in [-0.2, -0.15) is 13.2 Å². The zero-order valence-corrected chi connectivity index (χ0v) is 14.3. The molecule has 26 heavy (non-hydrogen) atoms. The van der Waals surface area contributed by atoms with Crippen LogP contribution in [0.4, 0.5) is 18.9 Å². The van der Waals surface area contributed by atoms with E-state index in [1.807, 2.05) is 24.3 Å². The van der Waals surface area contributed by atoms with Gasteiger partial charge in [0.05, 0.1) is 5.56 Å². The van der Waals surface area contributed by atoms with Crippen LogP contribution in [0.3, 0.4) is 0 Å². The Hall–Kier alpha value is -2.50. The van der Waals surface area contributed by atoms with Crippen molar-refractivity contribution in [1.82, 2.24) is 5.32 Å². The van der Waals surface area contributed by atoms with Gasteiger partial charge in [-0.3, -0.25) is 4.79 Å². The molecule has 0 unspecified atom stereocenters. The standard InChI is InChI=1S/C20H21F3N2O/c21-20(22,23)18-5-3-16(4-6-18)17-9-11-25(12-10-17)19-7-1-15(2-8-19)13-24-14-26/h1-8,14,17H,9-13H2,(H,24,26). The third-order valence-corrected chi connectivity index (χ3v) is 4.90. The molecule has 1 N–H and O–H groups in total. The maximum Gasteiger partial charge on any atom is 0.416 e.